The Labute approximate surface area is 201 Å². The molecule has 0 aromatic heterocycles. The van der Waals surface area contributed by atoms with E-state index < -0.39 is 17.2 Å². The molecule has 1 rings (SSSR count). The van der Waals surface area contributed by atoms with E-state index in [9.17, 15) is 15.0 Å². The average molecular weight is 466 g/mol. The first-order valence-corrected chi connectivity index (χ1v) is 12.7. The summed E-state index contributed by atoms with van der Waals surface area (Å²) in [4.78, 5) is 12.1. The molecule has 6 heteroatoms. The van der Waals surface area contributed by atoms with Crippen molar-refractivity contribution in [2.24, 2.45) is 0 Å². The van der Waals surface area contributed by atoms with Gasteiger partial charge in [-0.3, -0.25) is 0 Å². The van der Waals surface area contributed by atoms with Gasteiger partial charge in [0.15, 0.2) is 0 Å². The normalized spacial score (nSPS) is 11.9. The van der Waals surface area contributed by atoms with Crippen LogP contribution in [0.25, 0.3) is 0 Å². The Bertz CT molecular complexity index is 635. The number of rotatable bonds is 17. The molecule has 1 aromatic rings. The molecule has 0 aliphatic carbocycles. The highest BCUT2D eigenvalue weighted by Crippen LogP contribution is 2.19. The maximum absolute atomic E-state index is 12.1. The summed E-state index contributed by atoms with van der Waals surface area (Å²) in [6.07, 6.45) is 12.0. The van der Waals surface area contributed by atoms with E-state index in [0.717, 1.165) is 24.3 Å². The van der Waals surface area contributed by atoms with E-state index in [4.69, 9.17) is 9.47 Å². The lowest BCUT2D eigenvalue weighted by molar-refractivity contribution is 0.0276. The van der Waals surface area contributed by atoms with E-state index in [1.807, 2.05) is 24.3 Å². The molecular formula is C27H47NO5. The van der Waals surface area contributed by atoms with Gasteiger partial charge in [0.05, 0.1) is 25.4 Å². The smallest absolute Gasteiger partial charge is 0.408 e. The van der Waals surface area contributed by atoms with Gasteiger partial charge < -0.3 is 25.0 Å². The number of ether oxygens (including phenoxy) is 2. The molecular weight excluding hydrogens is 418 g/mol. The van der Waals surface area contributed by atoms with Crippen LogP contribution in [0.4, 0.5) is 4.79 Å². The third-order valence-corrected chi connectivity index (χ3v) is 5.70. The monoisotopic (exact) mass is 465 g/mol. The van der Waals surface area contributed by atoms with Gasteiger partial charge in [-0.25, -0.2) is 4.79 Å². The fourth-order valence-electron chi connectivity index (χ4n) is 3.61. The molecule has 0 heterocycles. The van der Waals surface area contributed by atoms with E-state index in [-0.39, 0.29) is 13.2 Å². The maximum atomic E-state index is 12.1. The quantitative estimate of drug-likeness (QED) is 0.254. The van der Waals surface area contributed by atoms with Gasteiger partial charge in [0, 0.05) is 0 Å². The van der Waals surface area contributed by atoms with Gasteiger partial charge in [-0.15, -0.1) is 0 Å². The number of alkyl carbamates (subject to hydrolysis) is 1. The summed E-state index contributed by atoms with van der Waals surface area (Å²) in [5, 5.41) is 22.3. The maximum Gasteiger partial charge on any atom is 0.408 e. The molecule has 0 atom stereocenters. The lowest BCUT2D eigenvalue weighted by atomic mass is 9.93. The SMILES string of the molecule is CCCCCCCCCCCOc1ccc(CCC(CO)(CO)NC(=O)OC(C)(C)C)cc1. The Morgan fingerprint density at radius 1 is 0.879 bits per heavy atom. The summed E-state index contributed by atoms with van der Waals surface area (Å²) in [7, 11) is 0. The fourth-order valence-corrected chi connectivity index (χ4v) is 3.61. The van der Waals surface area contributed by atoms with Crippen molar-refractivity contribution in [3.05, 3.63) is 29.8 Å². The number of carbonyl (C=O) groups excluding carboxylic acids is 1. The van der Waals surface area contributed by atoms with Crippen LogP contribution in [0.15, 0.2) is 24.3 Å². The van der Waals surface area contributed by atoms with Crippen molar-refractivity contribution >= 4 is 6.09 Å². The summed E-state index contributed by atoms with van der Waals surface area (Å²) in [6, 6.07) is 7.87. The van der Waals surface area contributed by atoms with E-state index >= 15 is 0 Å². The van der Waals surface area contributed by atoms with Crippen molar-refractivity contribution in [2.45, 2.75) is 109 Å². The third kappa shape index (κ3) is 13.5. The Balaban J connectivity index is 2.33. The first kappa shape index (κ1) is 29.2. The van der Waals surface area contributed by atoms with Crippen LogP contribution in [-0.2, 0) is 11.2 Å². The Kier molecular flexibility index (Phi) is 14.1. The molecule has 1 aromatic carbocycles. The summed E-state index contributed by atoms with van der Waals surface area (Å²) in [5.74, 6) is 0.848. The number of unbranched alkanes of at least 4 members (excludes halogenated alkanes) is 8. The van der Waals surface area contributed by atoms with E-state index in [1.54, 1.807) is 20.8 Å². The molecule has 0 radical (unpaired) electrons. The zero-order valence-corrected chi connectivity index (χ0v) is 21.3. The van der Waals surface area contributed by atoms with Gasteiger partial charge in [0.1, 0.15) is 11.4 Å². The molecule has 190 valence electrons. The summed E-state index contributed by atoms with van der Waals surface area (Å²) < 4.78 is 11.1. The van der Waals surface area contributed by atoms with Crippen LogP contribution in [0.2, 0.25) is 0 Å². The molecule has 33 heavy (non-hydrogen) atoms. The fraction of sp³-hybridized carbons (Fsp3) is 0.741. The predicted molar refractivity (Wildman–Crippen MR) is 134 cm³/mol. The second-order valence-corrected chi connectivity index (χ2v) is 10.0. The lowest BCUT2D eigenvalue weighted by Gasteiger charge is -2.32. The van der Waals surface area contributed by atoms with E-state index in [2.05, 4.69) is 12.2 Å². The molecule has 0 bridgehead atoms. The summed E-state index contributed by atoms with van der Waals surface area (Å²) in [6.45, 7) is 7.54. The predicted octanol–water partition coefficient (Wildman–Crippen LogP) is 5.78. The first-order chi connectivity index (χ1) is 15.7. The zero-order valence-electron chi connectivity index (χ0n) is 21.3. The highest BCUT2D eigenvalue weighted by atomic mass is 16.6. The number of amides is 1. The second kappa shape index (κ2) is 15.9. The van der Waals surface area contributed by atoms with Crippen molar-refractivity contribution in [3.63, 3.8) is 0 Å². The minimum Gasteiger partial charge on any atom is -0.494 e. The standard InChI is InChI=1S/C27H47NO5/c1-5-6-7-8-9-10-11-12-13-20-32-24-16-14-23(15-17-24)18-19-27(21-29,22-30)28-25(31)33-26(2,3)4/h14-17,29-30H,5-13,18-22H2,1-4H3,(H,28,31). The molecule has 1 amide bonds. The van der Waals surface area contributed by atoms with Gasteiger partial charge in [0.25, 0.3) is 0 Å². The minimum absolute atomic E-state index is 0.372. The molecule has 0 saturated carbocycles. The van der Waals surface area contributed by atoms with Crippen LogP contribution < -0.4 is 10.1 Å². The van der Waals surface area contributed by atoms with Gasteiger partial charge in [-0.2, -0.15) is 0 Å². The number of benzene rings is 1. The van der Waals surface area contributed by atoms with Crippen molar-refractivity contribution in [2.75, 3.05) is 19.8 Å². The van der Waals surface area contributed by atoms with Crippen molar-refractivity contribution in [1.29, 1.82) is 0 Å². The van der Waals surface area contributed by atoms with Crippen LogP contribution in [0, 0.1) is 0 Å². The first-order valence-electron chi connectivity index (χ1n) is 12.7. The van der Waals surface area contributed by atoms with Gasteiger partial charge in [-0.05, 0) is 57.7 Å². The minimum atomic E-state index is -1.13. The van der Waals surface area contributed by atoms with Crippen molar-refractivity contribution in [3.8, 4) is 5.75 Å². The topological polar surface area (TPSA) is 88.0 Å². The van der Waals surface area contributed by atoms with E-state index in [0.29, 0.717) is 12.8 Å². The number of nitrogens with one attached hydrogen (secondary N) is 1. The Hall–Kier alpha value is -1.79. The lowest BCUT2D eigenvalue weighted by Crippen LogP contribution is -2.55. The van der Waals surface area contributed by atoms with Crippen molar-refractivity contribution < 1.29 is 24.5 Å². The third-order valence-electron chi connectivity index (χ3n) is 5.70. The van der Waals surface area contributed by atoms with E-state index in [1.165, 1.54) is 51.4 Å². The highest BCUT2D eigenvalue weighted by molar-refractivity contribution is 5.68. The highest BCUT2D eigenvalue weighted by Gasteiger charge is 2.32. The van der Waals surface area contributed by atoms with Gasteiger partial charge >= 0.3 is 6.09 Å². The molecule has 0 aliphatic heterocycles. The molecule has 0 unspecified atom stereocenters. The molecule has 0 saturated heterocycles. The van der Waals surface area contributed by atoms with Gasteiger partial charge in [-0.1, -0.05) is 70.4 Å². The average Bonchev–Trinajstić information content (AvgIpc) is 2.77. The van der Waals surface area contributed by atoms with Crippen LogP contribution in [0.5, 0.6) is 5.75 Å². The van der Waals surface area contributed by atoms with Crippen molar-refractivity contribution in [1.82, 2.24) is 5.32 Å². The van der Waals surface area contributed by atoms with Crippen LogP contribution >= 0.6 is 0 Å². The van der Waals surface area contributed by atoms with Crippen LogP contribution in [0.3, 0.4) is 0 Å². The van der Waals surface area contributed by atoms with Crippen LogP contribution in [0.1, 0.15) is 97.5 Å². The molecule has 3 N–H and O–H groups in total. The summed E-state index contributed by atoms with van der Waals surface area (Å²) >= 11 is 0. The Morgan fingerprint density at radius 3 is 1.94 bits per heavy atom. The number of aliphatic hydroxyl groups is 2. The number of hydrogen-bond acceptors (Lipinski definition) is 5. The number of carbonyl (C=O) groups is 1. The molecule has 0 fully saturated rings. The number of aryl methyl sites for hydroxylation is 1. The molecule has 0 aliphatic rings. The second-order valence-electron chi connectivity index (χ2n) is 10.0. The largest absolute Gasteiger partial charge is 0.494 e. The number of hydrogen-bond donors (Lipinski definition) is 3. The summed E-state index contributed by atoms with van der Waals surface area (Å²) in [5.41, 5.74) is -0.735. The van der Waals surface area contributed by atoms with Crippen LogP contribution in [-0.4, -0.2) is 47.3 Å². The molecule has 6 nitrogen and oxygen atoms in total. The van der Waals surface area contributed by atoms with Gasteiger partial charge in [0.2, 0.25) is 0 Å². The zero-order chi connectivity index (χ0) is 24.6. The molecule has 0 spiro atoms. The Morgan fingerprint density at radius 2 is 1.42 bits per heavy atom. The number of aliphatic hydroxyl groups excluding tert-OH is 2.